The molecule has 1 fully saturated rings. The lowest BCUT2D eigenvalue weighted by molar-refractivity contribution is -0.302. The van der Waals surface area contributed by atoms with E-state index in [-0.39, 0.29) is 12.5 Å². The molecule has 418 valence electrons. The fourth-order valence-electron chi connectivity index (χ4n) is 9.28. The van der Waals surface area contributed by atoms with Gasteiger partial charge in [0.25, 0.3) is 0 Å². The van der Waals surface area contributed by atoms with Crippen LogP contribution in [0.2, 0.25) is 0 Å². The molecule has 6 N–H and O–H groups in total. The first-order valence-corrected chi connectivity index (χ1v) is 30.2. The minimum absolute atomic E-state index is 0.186. The molecule has 1 saturated heterocycles. The normalized spacial score (nSPS) is 19.7. The van der Waals surface area contributed by atoms with Gasteiger partial charge < -0.3 is 40.3 Å². The number of allylic oxidation sites excluding steroid dienone is 11. The number of hydrogen-bond acceptors (Lipinski definition) is 8. The van der Waals surface area contributed by atoms with E-state index in [2.05, 4.69) is 79.9 Å². The highest BCUT2D eigenvalue weighted by molar-refractivity contribution is 5.76. The van der Waals surface area contributed by atoms with Crippen molar-refractivity contribution >= 4 is 5.91 Å². The van der Waals surface area contributed by atoms with Gasteiger partial charge in [0.2, 0.25) is 5.91 Å². The van der Waals surface area contributed by atoms with Gasteiger partial charge in [-0.1, -0.05) is 260 Å². The summed E-state index contributed by atoms with van der Waals surface area (Å²) in [4.78, 5) is 13.1. The maximum Gasteiger partial charge on any atom is 0.220 e. The van der Waals surface area contributed by atoms with Crippen LogP contribution < -0.4 is 5.32 Å². The Kier molecular flexibility index (Phi) is 48.9. The molecular formula is C63H113NO8. The van der Waals surface area contributed by atoms with Gasteiger partial charge in [0.05, 0.1) is 25.4 Å². The number of ether oxygens (including phenoxy) is 2. The van der Waals surface area contributed by atoms with Crippen molar-refractivity contribution in [1.29, 1.82) is 0 Å². The van der Waals surface area contributed by atoms with E-state index in [1.165, 1.54) is 180 Å². The molecule has 0 bridgehead atoms. The van der Waals surface area contributed by atoms with Crippen LogP contribution in [0.4, 0.5) is 0 Å². The summed E-state index contributed by atoms with van der Waals surface area (Å²) < 4.78 is 11.3. The third-order valence-corrected chi connectivity index (χ3v) is 14.0. The van der Waals surface area contributed by atoms with Crippen LogP contribution in [0.3, 0.4) is 0 Å². The van der Waals surface area contributed by atoms with E-state index in [9.17, 15) is 30.3 Å². The van der Waals surface area contributed by atoms with Gasteiger partial charge in [0, 0.05) is 6.42 Å². The van der Waals surface area contributed by atoms with Crippen LogP contribution in [0.5, 0.6) is 0 Å². The molecule has 0 saturated carbocycles. The highest BCUT2D eigenvalue weighted by Gasteiger charge is 2.44. The first kappa shape index (κ1) is 67.6. The average molecular weight is 1010 g/mol. The van der Waals surface area contributed by atoms with Crippen molar-refractivity contribution in [2.75, 3.05) is 13.2 Å². The molecule has 7 unspecified atom stereocenters. The number of unbranched alkanes of at least 4 members (excludes halogenated alkanes) is 31. The van der Waals surface area contributed by atoms with Gasteiger partial charge >= 0.3 is 0 Å². The molecule has 1 rings (SSSR count). The number of carbonyl (C=O) groups is 1. The second kappa shape index (κ2) is 52.1. The van der Waals surface area contributed by atoms with Gasteiger partial charge in [-0.3, -0.25) is 4.79 Å². The van der Waals surface area contributed by atoms with Crippen molar-refractivity contribution in [2.45, 2.75) is 307 Å². The predicted octanol–water partition coefficient (Wildman–Crippen LogP) is 15.2. The van der Waals surface area contributed by atoms with Crippen molar-refractivity contribution in [3.8, 4) is 0 Å². The summed E-state index contributed by atoms with van der Waals surface area (Å²) in [6.07, 6.45) is 65.5. The lowest BCUT2D eigenvalue weighted by Crippen LogP contribution is -2.60. The van der Waals surface area contributed by atoms with Crippen LogP contribution in [0, 0.1) is 0 Å². The highest BCUT2D eigenvalue weighted by Crippen LogP contribution is 2.23. The van der Waals surface area contributed by atoms with Crippen molar-refractivity contribution in [1.82, 2.24) is 5.32 Å². The molecule has 9 nitrogen and oxygen atoms in total. The van der Waals surface area contributed by atoms with Crippen LogP contribution in [0.25, 0.3) is 0 Å². The van der Waals surface area contributed by atoms with E-state index in [4.69, 9.17) is 9.47 Å². The summed E-state index contributed by atoms with van der Waals surface area (Å²) in [6, 6.07) is -0.825. The number of amides is 1. The lowest BCUT2D eigenvalue weighted by Gasteiger charge is -2.40. The minimum atomic E-state index is -1.57. The summed E-state index contributed by atoms with van der Waals surface area (Å²) in [7, 11) is 0. The maximum atomic E-state index is 13.1. The zero-order valence-electron chi connectivity index (χ0n) is 46.4. The third kappa shape index (κ3) is 40.9. The Bertz CT molecular complexity index is 1360. The monoisotopic (exact) mass is 1010 g/mol. The second-order valence-corrected chi connectivity index (χ2v) is 20.8. The van der Waals surface area contributed by atoms with Crippen LogP contribution in [0.1, 0.15) is 264 Å². The lowest BCUT2D eigenvalue weighted by atomic mass is 9.99. The molecular weight excluding hydrogens is 899 g/mol. The number of aliphatic hydroxyl groups excluding tert-OH is 5. The summed E-state index contributed by atoms with van der Waals surface area (Å²) in [5, 5.41) is 54.5. The van der Waals surface area contributed by atoms with Gasteiger partial charge in [0.15, 0.2) is 6.29 Å². The molecule has 0 aromatic carbocycles. The quantitative estimate of drug-likeness (QED) is 0.0261. The summed E-state index contributed by atoms with van der Waals surface area (Å²) in [6.45, 7) is 3.67. The summed E-state index contributed by atoms with van der Waals surface area (Å²) in [5.74, 6) is -0.186. The summed E-state index contributed by atoms with van der Waals surface area (Å²) >= 11 is 0. The van der Waals surface area contributed by atoms with Crippen molar-refractivity contribution in [3.63, 3.8) is 0 Å². The highest BCUT2D eigenvalue weighted by atomic mass is 16.7. The molecule has 72 heavy (non-hydrogen) atoms. The second-order valence-electron chi connectivity index (χ2n) is 20.8. The van der Waals surface area contributed by atoms with Crippen molar-refractivity contribution < 1.29 is 39.8 Å². The van der Waals surface area contributed by atoms with Gasteiger partial charge in [-0.25, -0.2) is 0 Å². The molecule has 0 radical (unpaired) electrons. The number of carbonyl (C=O) groups excluding carboxylic acids is 1. The van der Waals surface area contributed by atoms with Gasteiger partial charge in [-0.2, -0.15) is 0 Å². The Labute approximate surface area is 442 Å². The van der Waals surface area contributed by atoms with E-state index >= 15 is 0 Å². The SMILES string of the molecule is CC/C=C\C/C=C\C/C=C\C/C=C\CCCCCCCCCCCCCCCCCCC(=O)NC(COC1OC(CO)C(O)C(O)C1O)C(O)/C=C/CC/C=C/CCCCCCCCCCCCCCCC. The average Bonchev–Trinajstić information content (AvgIpc) is 3.38. The van der Waals surface area contributed by atoms with Crippen LogP contribution in [-0.2, 0) is 14.3 Å². The largest absolute Gasteiger partial charge is 0.394 e. The fraction of sp³-hybridized carbons (Fsp3) is 0.794. The van der Waals surface area contributed by atoms with E-state index in [1.54, 1.807) is 6.08 Å². The Morgan fingerprint density at radius 1 is 0.486 bits per heavy atom. The molecule has 1 aliphatic rings. The third-order valence-electron chi connectivity index (χ3n) is 14.0. The molecule has 9 heteroatoms. The summed E-state index contributed by atoms with van der Waals surface area (Å²) in [5.41, 5.74) is 0. The standard InChI is InChI=1S/C63H113NO8/c1-3-5-7-9-11-13-15-17-19-21-23-25-26-27-28-29-30-31-32-33-35-37-39-41-43-45-47-49-51-53-59(67)64-56(55-71-63-62(70)61(69)60(68)58(54-65)72-63)57(66)52-50-48-46-44-42-40-38-36-34-24-22-20-18-16-14-12-10-8-6-4-2/h5,7,11,13,17,19,23,25,42,44,50,52,56-58,60-63,65-66,68-70H,3-4,6,8-10,12,14-16,18,20-22,24,26-41,43,45-49,51,53-55H2,1-2H3,(H,64,67)/b7-5-,13-11-,19-17-,25-23-,44-42+,52-50+. The molecule has 0 aromatic rings. The smallest absolute Gasteiger partial charge is 0.220 e. The number of rotatable bonds is 51. The Hall–Kier alpha value is -2.37. The minimum Gasteiger partial charge on any atom is -0.394 e. The molecule has 1 amide bonds. The molecule has 1 aliphatic heterocycles. The van der Waals surface area contributed by atoms with E-state index < -0.39 is 49.5 Å². The van der Waals surface area contributed by atoms with Crippen LogP contribution in [-0.4, -0.2) is 87.5 Å². The molecule has 0 spiro atoms. The molecule has 0 aromatic heterocycles. The van der Waals surface area contributed by atoms with Crippen molar-refractivity contribution in [2.24, 2.45) is 0 Å². The number of nitrogens with one attached hydrogen (secondary N) is 1. The number of hydrogen-bond donors (Lipinski definition) is 6. The predicted molar refractivity (Wildman–Crippen MR) is 304 cm³/mol. The Morgan fingerprint density at radius 2 is 0.875 bits per heavy atom. The van der Waals surface area contributed by atoms with Crippen molar-refractivity contribution in [3.05, 3.63) is 72.9 Å². The Balaban J connectivity index is 2.20. The maximum absolute atomic E-state index is 13.1. The topological polar surface area (TPSA) is 149 Å². The van der Waals surface area contributed by atoms with Gasteiger partial charge in [-0.05, 0) is 70.6 Å². The van der Waals surface area contributed by atoms with E-state index in [1.807, 2.05) is 6.08 Å². The van der Waals surface area contributed by atoms with Crippen LogP contribution >= 0.6 is 0 Å². The molecule has 7 atom stereocenters. The number of aliphatic hydroxyl groups is 5. The molecule has 1 heterocycles. The fourth-order valence-corrected chi connectivity index (χ4v) is 9.28. The molecule has 0 aliphatic carbocycles. The van der Waals surface area contributed by atoms with E-state index in [0.29, 0.717) is 6.42 Å². The zero-order chi connectivity index (χ0) is 52.2. The van der Waals surface area contributed by atoms with Gasteiger partial charge in [0.1, 0.15) is 24.4 Å². The zero-order valence-corrected chi connectivity index (χ0v) is 46.4. The van der Waals surface area contributed by atoms with E-state index in [0.717, 1.165) is 64.2 Å². The first-order valence-electron chi connectivity index (χ1n) is 30.2. The van der Waals surface area contributed by atoms with Gasteiger partial charge in [-0.15, -0.1) is 0 Å². The first-order chi connectivity index (χ1) is 35.3. The Morgan fingerprint density at radius 3 is 1.33 bits per heavy atom. The van der Waals surface area contributed by atoms with Crippen LogP contribution in [0.15, 0.2) is 72.9 Å².